The Morgan fingerprint density at radius 1 is 0.919 bits per heavy atom. The highest BCUT2D eigenvalue weighted by atomic mass is 19.4. The number of rotatable bonds is 9. The van der Waals surface area contributed by atoms with E-state index in [-0.39, 0.29) is 18.1 Å². The third-order valence-corrected chi connectivity index (χ3v) is 5.26. The Labute approximate surface area is 210 Å². The maximum atomic E-state index is 12.5. The maximum Gasteiger partial charge on any atom is 0.573 e. The molecule has 0 bridgehead atoms. The molecule has 0 unspecified atom stereocenters. The summed E-state index contributed by atoms with van der Waals surface area (Å²) >= 11 is 0. The van der Waals surface area contributed by atoms with Crippen LogP contribution in [0.25, 0.3) is 11.1 Å². The second kappa shape index (κ2) is 11.0. The predicted octanol–water partition coefficient (Wildman–Crippen LogP) is 5.82. The van der Waals surface area contributed by atoms with Gasteiger partial charge in [-0.3, -0.25) is 0 Å². The van der Waals surface area contributed by atoms with E-state index in [1.807, 2.05) is 24.3 Å². The van der Waals surface area contributed by atoms with Crippen LogP contribution < -0.4 is 14.8 Å². The first kappa shape index (κ1) is 25.5. The van der Waals surface area contributed by atoms with Crippen molar-refractivity contribution in [1.29, 1.82) is 0 Å². The summed E-state index contributed by atoms with van der Waals surface area (Å²) in [5, 5.41) is 11.3. The van der Waals surface area contributed by atoms with Crippen LogP contribution in [0.4, 0.5) is 24.7 Å². The monoisotopic (exact) mass is 512 g/mol. The average Bonchev–Trinajstić information content (AvgIpc) is 3.26. The first-order valence-corrected chi connectivity index (χ1v) is 11.2. The number of carbonyl (C=O) groups excluding carboxylic acids is 1. The summed E-state index contributed by atoms with van der Waals surface area (Å²) in [5.74, 6) is 0.175. The van der Waals surface area contributed by atoms with Crippen molar-refractivity contribution in [2.45, 2.75) is 19.8 Å². The summed E-state index contributed by atoms with van der Waals surface area (Å²) in [6.45, 7) is 2.22. The number of ether oxygens (including phenoxy) is 3. The number of benzene rings is 3. The smallest absolute Gasteiger partial charge is 0.497 e. The number of hydrogen-bond acceptors (Lipinski definition) is 7. The molecule has 0 spiro atoms. The maximum absolute atomic E-state index is 12.5. The molecule has 4 aromatic rings. The molecule has 1 N–H and O–H groups in total. The van der Waals surface area contributed by atoms with Crippen molar-refractivity contribution in [2.75, 3.05) is 19.0 Å². The molecule has 0 aliphatic carbocycles. The van der Waals surface area contributed by atoms with Crippen molar-refractivity contribution in [1.82, 2.24) is 15.0 Å². The number of methoxy groups -OCH3 is 1. The Bertz CT molecular complexity index is 1340. The van der Waals surface area contributed by atoms with Gasteiger partial charge in [-0.25, -0.2) is 9.48 Å². The van der Waals surface area contributed by atoms with Crippen LogP contribution in [0, 0.1) is 0 Å². The lowest BCUT2D eigenvalue weighted by Gasteiger charge is -2.12. The molecule has 3 aromatic carbocycles. The van der Waals surface area contributed by atoms with Gasteiger partial charge in [0.2, 0.25) is 5.69 Å². The first-order valence-electron chi connectivity index (χ1n) is 11.2. The van der Waals surface area contributed by atoms with Gasteiger partial charge in [-0.1, -0.05) is 41.6 Å². The SMILES string of the molecule is CCOC(=O)c1nnn(Cc2ccc(OC)cc2)c1Nc1ccc(-c2ccc(OC(F)(F)F)cc2)cc1. The molecule has 11 heteroatoms. The molecule has 8 nitrogen and oxygen atoms in total. The summed E-state index contributed by atoms with van der Waals surface area (Å²) in [7, 11) is 1.59. The van der Waals surface area contributed by atoms with Gasteiger partial charge in [0.05, 0.1) is 20.3 Å². The van der Waals surface area contributed by atoms with E-state index in [2.05, 4.69) is 20.4 Å². The zero-order valence-electron chi connectivity index (χ0n) is 20.0. The van der Waals surface area contributed by atoms with E-state index in [9.17, 15) is 18.0 Å². The van der Waals surface area contributed by atoms with Gasteiger partial charge in [0, 0.05) is 5.69 Å². The number of halogens is 3. The molecule has 0 aliphatic rings. The van der Waals surface area contributed by atoms with Crippen LogP contribution in [-0.2, 0) is 11.3 Å². The van der Waals surface area contributed by atoms with Gasteiger partial charge in [0.15, 0.2) is 5.82 Å². The third kappa shape index (κ3) is 6.57. The molecule has 0 saturated carbocycles. The lowest BCUT2D eigenvalue weighted by molar-refractivity contribution is -0.274. The molecule has 0 radical (unpaired) electrons. The van der Waals surface area contributed by atoms with E-state index < -0.39 is 12.3 Å². The second-order valence-electron chi connectivity index (χ2n) is 7.79. The summed E-state index contributed by atoms with van der Waals surface area (Å²) in [6.07, 6.45) is -4.74. The Balaban J connectivity index is 1.55. The quantitative estimate of drug-likeness (QED) is 0.283. The van der Waals surface area contributed by atoms with Crippen molar-refractivity contribution >= 4 is 17.5 Å². The molecule has 0 aliphatic heterocycles. The van der Waals surface area contributed by atoms with Crippen LogP contribution >= 0.6 is 0 Å². The zero-order valence-corrected chi connectivity index (χ0v) is 20.0. The van der Waals surface area contributed by atoms with E-state index in [1.54, 1.807) is 43.0 Å². The van der Waals surface area contributed by atoms with Crippen LogP contribution in [0.15, 0.2) is 72.8 Å². The number of carbonyl (C=O) groups is 1. The fourth-order valence-electron chi connectivity index (χ4n) is 3.52. The Kier molecular flexibility index (Phi) is 7.61. The van der Waals surface area contributed by atoms with Gasteiger partial charge < -0.3 is 19.5 Å². The van der Waals surface area contributed by atoms with Gasteiger partial charge in [-0.15, -0.1) is 18.3 Å². The number of nitrogens with one attached hydrogen (secondary N) is 1. The van der Waals surface area contributed by atoms with Crippen LogP contribution in [0.1, 0.15) is 23.0 Å². The van der Waals surface area contributed by atoms with E-state index in [0.717, 1.165) is 16.9 Å². The molecule has 37 heavy (non-hydrogen) atoms. The molecule has 1 aromatic heterocycles. The Morgan fingerprint density at radius 3 is 2.08 bits per heavy atom. The zero-order chi connectivity index (χ0) is 26.4. The van der Waals surface area contributed by atoms with Crippen LogP contribution in [0.5, 0.6) is 11.5 Å². The highest BCUT2D eigenvalue weighted by Gasteiger charge is 2.31. The van der Waals surface area contributed by atoms with Crippen molar-refractivity contribution in [3.8, 4) is 22.6 Å². The number of nitrogens with zero attached hydrogens (tertiary/aromatic N) is 3. The van der Waals surface area contributed by atoms with Gasteiger partial charge in [0.25, 0.3) is 0 Å². The molecule has 0 fully saturated rings. The topological polar surface area (TPSA) is 87.5 Å². The van der Waals surface area contributed by atoms with E-state index in [1.165, 1.54) is 24.3 Å². The van der Waals surface area contributed by atoms with Crippen LogP contribution in [0.3, 0.4) is 0 Å². The molecule has 192 valence electrons. The van der Waals surface area contributed by atoms with Crippen molar-refractivity contribution in [3.05, 3.63) is 84.1 Å². The average molecular weight is 512 g/mol. The summed E-state index contributed by atoms with van der Waals surface area (Å²) in [4.78, 5) is 12.5. The molecule has 0 saturated heterocycles. The van der Waals surface area contributed by atoms with Gasteiger partial charge in [-0.2, -0.15) is 0 Å². The van der Waals surface area contributed by atoms with Crippen molar-refractivity contribution in [3.63, 3.8) is 0 Å². The normalized spacial score (nSPS) is 11.2. The lowest BCUT2D eigenvalue weighted by atomic mass is 10.1. The molecule has 0 atom stereocenters. The summed E-state index contributed by atoms with van der Waals surface area (Å²) in [5.41, 5.74) is 3.08. The lowest BCUT2D eigenvalue weighted by Crippen LogP contribution is -2.16. The van der Waals surface area contributed by atoms with Crippen molar-refractivity contribution < 1.29 is 32.2 Å². The highest BCUT2D eigenvalue weighted by Crippen LogP contribution is 2.28. The van der Waals surface area contributed by atoms with Crippen LogP contribution in [-0.4, -0.2) is 41.0 Å². The van der Waals surface area contributed by atoms with Gasteiger partial charge >= 0.3 is 12.3 Å². The largest absolute Gasteiger partial charge is 0.573 e. The number of anilines is 2. The second-order valence-corrected chi connectivity index (χ2v) is 7.79. The molecular weight excluding hydrogens is 489 g/mol. The van der Waals surface area contributed by atoms with Crippen molar-refractivity contribution in [2.24, 2.45) is 0 Å². The molecular formula is C26H23F3N4O4. The summed E-state index contributed by atoms with van der Waals surface area (Å²) < 4.78 is 53.0. The Morgan fingerprint density at radius 2 is 1.51 bits per heavy atom. The number of esters is 1. The summed E-state index contributed by atoms with van der Waals surface area (Å²) in [6, 6.07) is 20.1. The minimum Gasteiger partial charge on any atom is -0.497 e. The predicted molar refractivity (Wildman–Crippen MR) is 130 cm³/mol. The van der Waals surface area contributed by atoms with Gasteiger partial charge in [0.1, 0.15) is 11.5 Å². The minimum absolute atomic E-state index is 0.0414. The standard InChI is InChI=1S/C26H23F3N4O4/c1-3-36-25(34)23-24(33(32-31-23)16-17-4-12-21(35-2)13-5-17)30-20-10-6-18(7-11-20)19-8-14-22(15-9-19)37-26(27,28)29/h4-15,30H,3,16H2,1-2H3. The minimum atomic E-state index is -4.74. The third-order valence-electron chi connectivity index (χ3n) is 5.26. The molecule has 4 rings (SSSR count). The fourth-order valence-corrected chi connectivity index (χ4v) is 3.52. The van der Waals surface area contributed by atoms with E-state index >= 15 is 0 Å². The van der Waals surface area contributed by atoms with Crippen LogP contribution in [0.2, 0.25) is 0 Å². The molecule has 0 amide bonds. The molecule has 1 heterocycles. The van der Waals surface area contributed by atoms with Gasteiger partial charge in [-0.05, 0) is 60.0 Å². The fraction of sp³-hybridized carbons (Fsp3) is 0.192. The number of aromatic nitrogens is 3. The van der Waals surface area contributed by atoms with E-state index in [4.69, 9.17) is 9.47 Å². The number of alkyl halides is 3. The van der Waals surface area contributed by atoms with E-state index in [0.29, 0.717) is 23.6 Å². The first-order chi connectivity index (χ1) is 17.8. The number of hydrogen-bond donors (Lipinski definition) is 1. The Hall–Kier alpha value is -4.54. The highest BCUT2D eigenvalue weighted by molar-refractivity contribution is 5.93.